The van der Waals surface area contributed by atoms with E-state index in [2.05, 4.69) is 29.0 Å². The zero-order chi connectivity index (χ0) is 29.6. The van der Waals surface area contributed by atoms with Gasteiger partial charge in [0.1, 0.15) is 24.7 Å². The molecular weight excluding hydrogens is 536 g/mol. The highest BCUT2D eigenvalue weighted by atomic mass is 16.5. The number of nitrogens with zero attached hydrogens (tertiary/aromatic N) is 2. The molecule has 4 aromatic carbocycles. The number of hydrogen-bond donors (Lipinski definition) is 1. The fourth-order valence-corrected chi connectivity index (χ4v) is 5.34. The van der Waals surface area contributed by atoms with Gasteiger partial charge in [-0.3, -0.25) is 4.79 Å². The first-order valence-corrected chi connectivity index (χ1v) is 14.3. The summed E-state index contributed by atoms with van der Waals surface area (Å²) in [5, 5.41) is 11.7. The molecular formula is C37H32N2O4. The highest BCUT2D eigenvalue weighted by Gasteiger charge is 2.30. The van der Waals surface area contributed by atoms with E-state index in [4.69, 9.17) is 9.47 Å². The largest absolute Gasteiger partial charge is 0.487 e. The number of para-hydroxylation sites is 2. The van der Waals surface area contributed by atoms with Gasteiger partial charge in [0.15, 0.2) is 0 Å². The second kappa shape index (κ2) is 12.3. The van der Waals surface area contributed by atoms with Gasteiger partial charge in [0, 0.05) is 22.6 Å². The van der Waals surface area contributed by atoms with E-state index in [-0.39, 0.29) is 6.42 Å². The number of aromatic nitrogens is 2. The molecule has 43 heavy (non-hydrogen) atoms. The lowest BCUT2D eigenvalue weighted by Gasteiger charge is -2.31. The van der Waals surface area contributed by atoms with Gasteiger partial charge in [-0.25, -0.2) is 9.97 Å². The molecule has 2 aromatic heterocycles. The van der Waals surface area contributed by atoms with E-state index in [0.29, 0.717) is 19.6 Å². The first kappa shape index (κ1) is 27.9. The molecule has 214 valence electrons. The Bertz CT molecular complexity index is 1740. The molecule has 0 unspecified atom stereocenters. The normalized spacial score (nSPS) is 11.5. The molecule has 0 aliphatic heterocycles. The summed E-state index contributed by atoms with van der Waals surface area (Å²) < 4.78 is 12.1. The minimum atomic E-state index is -0.822. The topological polar surface area (TPSA) is 81.5 Å². The number of benzene rings is 4. The second-order valence-corrected chi connectivity index (χ2v) is 10.8. The smallest absolute Gasteiger partial charge is 0.303 e. The van der Waals surface area contributed by atoms with Gasteiger partial charge in [0.05, 0.1) is 22.4 Å². The van der Waals surface area contributed by atoms with Crippen LogP contribution in [0.3, 0.4) is 0 Å². The Kier molecular flexibility index (Phi) is 8.01. The lowest BCUT2D eigenvalue weighted by atomic mass is 9.73. The van der Waals surface area contributed by atoms with Gasteiger partial charge in [0.25, 0.3) is 0 Å². The third-order valence-corrected chi connectivity index (χ3v) is 7.91. The standard InChI is InChI=1S/C37H32N2O4/c1-37(23-22-36(40)41,28-12-18-32(19-13-28)42-24-30-16-10-26-6-2-4-8-34(26)38-30)29-14-20-33(21-15-29)43-25-31-17-11-27-7-3-5-9-35(27)39-31/h2-21H,22-25H2,1H3,(H,40,41). The maximum atomic E-state index is 11.6. The van der Waals surface area contributed by atoms with Crippen LogP contribution in [0.15, 0.2) is 121 Å². The number of pyridine rings is 2. The van der Waals surface area contributed by atoms with Crippen molar-refractivity contribution in [3.63, 3.8) is 0 Å². The van der Waals surface area contributed by atoms with E-state index in [1.165, 1.54) is 0 Å². The Hall–Kier alpha value is -5.23. The predicted octanol–water partition coefficient (Wildman–Crippen LogP) is 8.11. The van der Waals surface area contributed by atoms with Crippen LogP contribution in [-0.2, 0) is 23.4 Å². The summed E-state index contributed by atoms with van der Waals surface area (Å²) >= 11 is 0. The number of hydrogen-bond acceptors (Lipinski definition) is 5. The minimum Gasteiger partial charge on any atom is -0.487 e. The summed E-state index contributed by atoms with van der Waals surface area (Å²) in [7, 11) is 0. The Morgan fingerprint density at radius 2 is 1.07 bits per heavy atom. The SMILES string of the molecule is CC(CCC(=O)O)(c1ccc(OCc2ccc3ccccc3n2)cc1)c1ccc(OCc2ccc3ccccc3n2)cc1. The molecule has 0 saturated carbocycles. The van der Waals surface area contributed by atoms with Gasteiger partial charge in [0.2, 0.25) is 0 Å². The average Bonchev–Trinajstić information content (AvgIpc) is 3.05. The summed E-state index contributed by atoms with van der Waals surface area (Å²) in [5.41, 5.74) is 5.10. The third-order valence-electron chi connectivity index (χ3n) is 7.91. The maximum Gasteiger partial charge on any atom is 0.303 e. The summed E-state index contributed by atoms with van der Waals surface area (Å²) in [6.07, 6.45) is 0.499. The molecule has 6 aromatic rings. The van der Waals surface area contributed by atoms with Gasteiger partial charge in [-0.2, -0.15) is 0 Å². The first-order chi connectivity index (χ1) is 21.0. The molecule has 0 radical (unpaired) electrons. The Labute approximate surface area is 250 Å². The van der Waals surface area contributed by atoms with Crippen LogP contribution in [0, 0.1) is 0 Å². The third kappa shape index (κ3) is 6.49. The Morgan fingerprint density at radius 3 is 1.51 bits per heavy atom. The Balaban J connectivity index is 1.15. The van der Waals surface area contributed by atoms with Crippen molar-refractivity contribution in [1.29, 1.82) is 0 Å². The molecule has 0 saturated heterocycles. The Morgan fingerprint density at radius 1 is 0.628 bits per heavy atom. The van der Waals surface area contributed by atoms with Gasteiger partial charge < -0.3 is 14.6 Å². The lowest BCUT2D eigenvalue weighted by molar-refractivity contribution is -0.137. The first-order valence-electron chi connectivity index (χ1n) is 14.3. The highest BCUT2D eigenvalue weighted by Crippen LogP contribution is 2.38. The van der Waals surface area contributed by atoms with Crippen LogP contribution in [0.4, 0.5) is 0 Å². The predicted molar refractivity (Wildman–Crippen MR) is 168 cm³/mol. The number of rotatable bonds is 11. The second-order valence-electron chi connectivity index (χ2n) is 10.8. The lowest BCUT2D eigenvalue weighted by Crippen LogP contribution is -2.25. The molecule has 6 nitrogen and oxygen atoms in total. The summed E-state index contributed by atoms with van der Waals surface area (Å²) in [6, 6.07) is 39.9. The quantitative estimate of drug-likeness (QED) is 0.170. The van der Waals surface area contributed by atoms with E-state index in [1.54, 1.807) is 0 Å². The number of carboxylic acid groups (broad SMARTS) is 1. The van der Waals surface area contributed by atoms with Crippen molar-refractivity contribution < 1.29 is 19.4 Å². The van der Waals surface area contributed by atoms with Crippen molar-refractivity contribution in [2.24, 2.45) is 0 Å². The summed E-state index contributed by atoms with van der Waals surface area (Å²) in [5.74, 6) is 0.632. The number of carbonyl (C=O) groups is 1. The summed E-state index contributed by atoms with van der Waals surface area (Å²) in [4.78, 5) is 20.9. The van der Waals surface area contributed by atoms with Crippen LogP contribution in [-0.4, -0.2) is 21.0 Å². The van der Waals surface area contributed by atoms with Crippen molar-refractivity contribution in [2.45, 2.75) is 38.4 Å². The van der Waals surface area contributed by atoms with Gasteiger partial charge >= 0.3 is 5.97 Å². The number of fused-ring (bicyclic) bond motifs is 2. The van der Waals surface area contributed by atoms with E-state index in [0.717, 1.165) is 55.8 Å². The number of aliphatic carboxylic acids is 1. The molecule has 0 aliphatic carbocycles. The molecule has 0 spiro atoms. The molecule has 6 rings (SSSR count). The van der Waals surface area contributed by atoms with Crippen molar-refractivity contribution in [3.8, 4) is 11.5 Å². The zero-order valence-corrected chi connectivity index (χ0v) is 23.9. The van der Waals surface area contributed by atoms with E-state index < -0.39 is 11.4 Å². The maximum absolute atomic E-state index is 11.6. The molecule has 6 heteroatoms. The molecule has 0 amide bonds. The molecule has 0 fully saturated rings. The van der Waals surface area contributed by atoms with E-state index in [9.17, 15) is 9.90 Å². The molecule has 0 bridgehead atoms. The van der Waals surface area contributed by atoms with Crippen LogP contribution in [0.1, 0.15) is 42.3 Å². The van der Waals surface area contributed by atoms with Crippen molar-refractivity contribution in [3.05, 3.63) is 144 Å². The van der Waals surface area contributed by atoms with Gasteiger partial charge in [-0.15, -0.1) is 0 Å². The van der Waals surface area contributed by atoms with Crippen LogP contribution < -0.4 is 9.47 Å². The van der Waals surface area contributed by atoms with Crippen LogP contribution in [0.2, 0.25) is 0 Å². The summed E-state index contributed by atoms with van der Waals surface area (Å²) in [6.45, 7) is 2.80. The van der Waals surface area contributed by atoms with Crippen molar-refractivity contribution in [1.82, 2.24) is 9.97 Å². The molecule has 1 N–H and O–H groups in total. The van der Waals surface area contributed by atoms with Crippen LogP contribution in [0.25, 0.3) is 21.8 Å². The number of carboxylic acids is 1. The average molecular weight is 569 g/mol. The fourth-order valence-electron chi connectivity index (χ4n) is 5.34. The molecule has 0 aliphatic rings. The molecule has 2 heterocycles. The van der Waals surface area contributed by atoms with Crippen molar-refractivity contribution in [2.75, 3.05) is 0 Å². The zero-order valence-electron chi connectivity index (χ0n) is 23.9. The van der Waals surface area contributed by atoms with E-state index in [1.807, 2.05) is 109 Å². The monoisotopic (exact) mass is 568 g/mol. The molecule has 0 atom stereocenters. The highest BCUT2D eigenvalue weighted by molar-refractivity contribution is 5.79. The van der Waals surface area contributed by atoms with Crippen molar-refractivity contribution >= 4 is 27.8 Å². The van der Waals surface area contributed by atoms with Gasteiger partial charge in [-0.1, -0.05) is 79.7 Å². The van der Waals surface area contributed by atoms with Crippen LogP contribution >= 0.6 is 0 Å². The van der Waals surface area contributed by atoms with Gasteiger partial charge in [-0.05, 0) is 66.1 Å². The van der Waals surface area contributed by atoms with Crippen LogP contribution in [0.5, 0.6) is 11.5 Å². The fraction of sp³-hybridized carbons (Fsp3) is 0.162. The van der Waals surface area contributed by atoms with E-state index >= 15 is 0 Å². The minimum absolute atomic E-state index is 0.0499. The number of ether oxygens (including phenoxy) is 2.